The molecule has 21 heavy (non-hydrogen) atoms. The van der Waals surface area contributed by atoms with E-state index in [-0.39, 0.29) is 24.5 Å². The summed E-state index contributed by atoms with van der Waals surface area (Å²) < 4.78 is 0. The van der Waals surface area contributed by atoms with E-state index in [2.05, 4.69) is 11.2 Å². The topological polar surface area (TPSA) is 110 Å². The van der Waals surface area contributed by atoms with Crippen molar-refractivity contribution in [2.24, 2.45) is 0 Å². The number of carboxylic acid groups (broad SMARTS) is 1. The van der Waals surface area contributed by atoms with Crippen molar-refractivity contribution < 1.29 is 24.9 Å². The zero-order chi connectivity index (χ0) is 16.0. The fraction of sp³-hybridized carbons (Fsp3) is 0.286. The van der Waals surface area contributed by atoms with Gasteiger partial charge in [-0.05, 0) is 17.7 Å². The molecule has 0 heterocycles. The Morgan fingerprint density at radius 2 is 2.05 bits per heavy atom. The van der Waals surface area contributed by atoms with E-state index in [1.165, 1.54) is 30.1 Å². The molecule has 0 fully saturated rings. The van der Waals surface area contributed by atoms with Crippen LogP contribution in [-0.2, 0) is 11.2 Å². The van der Waals surface area contributed by atoms with E-state index >= 15 is 0 Å². The highest BCUT2D eigenvalue weighted by Crippen LogP contribution is 2.25. The van der Waals surface area contributed by atoms with Crippen molar-refractivity contribution in [3.8, 4) is 23.8 Å². The maximum absolute atomic E-state index is 11.7. The lowest BCUT2D eigenvalue weighted by Crippen LogP contribution is -2.47. The normalized spacial score (nSPS) is 11.2. The monoisotopic (exact) mass is 292 g/mol. The van der Waals surface area contributed by atoms with Crippen LogP contribution >= 0.6 is 0 Å². The number of terminal acetylenes is 1. The average Bonchev–Trinajstić information content (AvgIpc) is 2.42. The second-order valence-corrected chi connectivity index (χ2v) is 4.43. The molecule has 0 bridgehead atoms. The fourth-order valence-electron chi connectivity index (χ4n) is 1.60. The van der Waals surface area contributed by atoms with Gasteiger partial charge in [0.15, 0.2) is 11.5 Å². The number of nitrogens with zero attached hydrogens (tertiary/aromatic N) is 1. The maximum atomic E-state index is 11.7. The standard InChI is InChI=1S/C14H16N2O5/c1-3-6-16(2)14(21)15-10(13(19)20)7-9-4-5-11(17)12(18)8-9/h1,4-5,8,10,17-18H,6-7H2,2H3,(H,15,21)(H,19,20). The summed E-state index contributed by atoms with van der Waals surface area (Å²) in [7, 11) is 1.44. The van der Waals surface area contributed by atoms with Crippen molar-refractivity contribution in [2.75, 3.05) is 13.6 Å². The molecule has 0 radical (unpaired) electrons. The minimum absolute atomic E-state index is 0.0429. The molecule has 0 aliphatic carbocycles. The number of hydrogen-bond acceptors (Lipinski definition) is 4. The molecule has 0 aromatic heterocycles. The van der Waals surface area contributed by atoms with Crippen LogP contribution in [0.4, 0.5) is 4.79 Å². The Balaban J connectivity index is 2.79. The molecule has 4 N–H and O–H groups in total. The van der Waals surface area contributed by atoms with Crippen LogP contribution in [0.5, 0.6) is 11.5 Å². The molecule has 0 aliphatic rings. The third-order valence-corrected chi connectivity index (χ3v) is 2.75. The van der Waals surface area contributed by atoms with Gasteiger partial charge in [-0.1, -0.05) is 12.0 Å². The lowest BCUT2D eigenvalue weighted by atomic mass is 10.1. The van der Waals surface area contributed by atoms with Gasteiger partial charge in [0.1, 0.15) is 6.04 Å². The first kappa shape index (κ1) is 16.2. The average molecular weight is 292 g/mol. The lowest BCUT2D eigenvalue weighted by Gasteiger charge is -2.20. The number of amides is 2. The number of phenolic OH excluding ortho intramolecular Hbond substituents is 2. The highest BCUT2D eigenvalue weighted by molar-refractivity contribution is 5.82. The second-order valence-electron chi connectivity index (χ2n) is 4.43. The van der Waals surface area contributed by atoms with Gasteiger partial charge in [-0.15, -0.1) is 6.42 Å². The first-order valence-corrected chi connectivity index (χ1v) is 6.04. The summed E-state index contributed by atoms with van der Waals surface area (Å²) in [4.78, 5) is 24.1. The van der Waals surface area contributed by atoms with Gasteiger partial charge >= 0.3 is 12.0 Å². The largest absolute Gasteiger partial charge is 0.504 e. The Labute approximate surface area is 121 Å². The molecule has 112 valence electrons. The Morgan fingerprint density at radius 1 is 1.38 bits per heavy atom. The number of carbonyl (C=O) groups excluding carboxylic acids is 1. The Hall–Kier alpha value is -2.88. The summed E-state index contributed by atoms with van der Waals surface area (Å²) >= 11 is 0. The van der Waals surface area contributed by atoms with Gasteiger partial charge in [0.05, 0.1) is 6.54 Å². The van der Waals surface area contributed by atoms with Crippen molar-refractivity contribution in [3.63, 3.8) is 0 Å². The van der Waals surface area contributed by atoms with E-state index < -0.39 is 18.0 Å². The number of carbonyl (C=O) groups is 2. The number of phenols is 2. The first-order valence-electron chi connectivity index (χ1n) is 6.04. The van der Waals surface area contributed by atoms with Crippen molar-refractivity contribution in [1.82, 2.24) is 10.2 Å². The van der Waals surface area contributed by atoms with Crippen LogP contribution in [0.15, 0.2) is 18.2 Å². The number of benzene rings is 1. The lowest BCUT2D eigenvalue weighted by molar-refractivity contribution is -0.139. The zero-order valence-electron chi connectivity index (χ0n) is 11.4. The molecule has 1 rings (SSSR count). The number of aromatic hydroxyl groups is 2. The highest BCUT2D eigenvalue weighted by atomic mass is 16.4. The molecule has 1 aromatic rings. The minimum Gasteiger partial charge on any atom is -0.504 e. The molecule has 0 aliphatic heterocycles. The van der Waals surface area contributed by atoms with Gasteiger partial charge in [0.2, 0.25) is 0 Å². The van der Waals surface area contributed by atoms with Crippen LogP contribution in [0.2, 0.25) is 0 Å². The molecule has 1 atom stereocenters. The molecule has 2 amide bonds. The van der Waals surface area contributed by atoms with Crippen LogP contribution in [0.3, 0.4) is 0 Å². The number of hydrogen-bond donors (Lipinski definition) is 4. The summed E-state index contributed by atoms with van der Waals surface area (Å²) in [5.74, 6) is 0.397. The van der Waals surface area contributed by atoms with Crippen LogP contribution in [0.25, 0.3) is 0 Å². The summed E-state index contributed by atoms with van der Waals surface area (Å²) in [6.45, 7) is 0.0537. The van der Waals surface area contributed by atoms with Crippen molar-refractivity contribution in [1.29, 1.82) is 0 Å². The van der Waals surface area contributed by atoms with E-state index in [0.717, 1.165) is 0 Å². The second kappa shape index (κ2) is 7.05. The van der Waals surface area contributed by atoms with Gasteiger partial charge < -0.3 is 25.5 Å². The van der Waals surface area contributed by atoms with E-state index in [1.807, 2.05) is 0 Å². The molecule has 1 aromatic carbocycles. The van der Waals surface area contributed by atoms with Crippen molar-refractivity contribution >= 4 is 12.0 Å². The summed E-state index contributed by atoms with van der Waals surface area (Å²) in [5.41, 5.74) is 0.456. The molecular weight excluding hydrogens is 276 g/mol. The molecule has 0 spiro atoms. The third kappa shape index (κ3) is 4.62. The molecule has 0 saturated carbocycles. The predicted molar refractivity (Wildman–Crippen MR) is 74.9 cm³/mol. The Kier molecular flexibility index (Phi) is 5.43. The summed E-state index contributed by atoms with van der Waals surface area (Å²) in [6.07, 6.45) is 5.03. The van der Waals surface area contributed by atoms with Gasteiger partial charge in [-0.2, -0.15) is 0 Å². The third-order valence-electron chi connectivity index (χ3n) is 2.75. The predicted octanol–water partition coefficient (Wildman–Crippen LogP) is 0.368. The van der Waals surface area contributed by atoms with E-state index in [0.29, 0.717) is 5.56 Å². The molecular formula is C14H16N2O5. The van der Waals surface area contributed by atoms with Crippen LogP contribution < -0.4 is 5.32 Å². The smallest absolute Gasteiger partial charge is 0.326 e. The fourth-order valence-corrected chi connectivity index (χ4v) is 1.60. The molecule has 7 heteroatoms. The molecule has 1 unspecified atom stereocenters. The number of urea groups is 1. The van der Waals surface area contributed by atoms with Crippen molar-refractivity contribution in [3.05, 3.63) is 23.8 Å². The molecule has 0 saturated heterocycles. The van der Waals surface area contributed by atoms with Crippen LogP contribution in [-0.4, -0.2) is 51.9 Å². The van der Waals surface area contributed by atoms with E-state index in [9.17, 15) is 19.8 Å². The van der Waals surface area contributed by atoms with E-state index in [4.69, 9.17) is 11.5 Å². The zero-order valence-corrected chi connectivity index (χ0v) is 11.4. The SMILES string of the molecule is C#CCN(C)C(=O)NC(Cc1ccc(O)c(O)c1)C(=O)O. The van der Waals surface area contributed by atoms with Crippen LogP contribution in [0.1, 0.15) is 5.56 Å². The van der Waals surface area contributed by atoms with Gasteiger partial charge in [0, 0.05) is 13.5 Å². The number of carboxylic acids is 1. The Morgan fingerprint density at radius 3 is 2.57 bits per heavy atom. The maximum Gasteiger partial charge on any atom is 0.326 e. The van der Waals surface area contributed by atoms with Crippen LogP contribution in [0, 0.1) is 12.3 Å². The van der Waals surface area contributed by atoms with Gasteiger partial charge in [0.25, 0.3) is 0 Å². The number of aliphatic carboxylic acids is 1. The summed E-state index contributed by atoms with van der Waals surface area (Å²) in [5, 5.41) is 30.0. The quantitative estimate of drug-likeness (QED) is 0.463. The van der Waals surface area contributed by atoms with Gasteiger partial charge in [-0.3, -0.25) is 0 Å². The summed E-state index contributed by atoms with van der Waals surface area (Å²) in [6, 6.07) is 2.16. The minimum atomic E-state index is -1.22. The molecule has 7 nitrogen and oxygen atoms in total. The number of rotatable bonds is 5. The van der Waals surface area contributed by atoms with E-state index in [1.54, 1.807) is 0 Å². The Bertz CT molecular complexity index is 579. The number of nitrogens with one attached hydrogen (secondary N) is 1. The van der Waals surface area contributed by atoms with Gasteiger partial charge in [-0.25, -0.2) is 9.59 Å². The van der Waals surface area contributed by atoms with Crippen molar-refractivity contribution in [2.45, 2.75) is 12.5 Å². The highest BCUT2D eigenvalue weighted by Gasteiger charge is 2.22. The first-order chi connectivity index (χ1) is 9.85.